The molecule has 0 saturated heterocycles. The third-order valence-electron chi connectivity index (χ3n) is 4.07. The van der Waals surface area contributed by atoms with E-state index in [0.29, 0.717) is 11.7 Å². The van der Waals surface area contributed by atoms with Gasteiger partial charge in [0.05, 0.1) is 17.3 Å². The second kappa shape index (κ2) is 10.2. The Morgan fingerprint density at radius 2 is 1.89 bits per heavy atom. The minimum Gasteiger partial charge on any atom is -0.497 e. The van der Waals surface area contributed by atoms with E-state index in [0.717, 1.165) is 28.1 Å². The summed E-state index contributed by atoms with van der Waals surface area (Å²) in [5.74, 6) is 0.708. The van der Waals surface area contributed by atoms with Crippen molar-refractivity contribution >= 4 is 51.1 Å². The van der Waals surface area contributed by atoms with E-state index in [1.165, 1.54) is 11.3 Å². The number of benzene rings is 2. The van der Waals surface area contributed by atoms with E-state index in [1.807, 2.05) is 68.7 Å². The minimum absolute atomic E-state index is 0. The van der Waals surface area contributed by atoms with Gasteiger partial charge in [0.1, 0.15) is 5.75 Å². The summed E-state index contributed by atoms with van der Waals surface area (Å²) in [4.78, 5) is 21.3. The fourth-order valence-corrected chi connectivity index (χ4v) is 3.58. The summed E-state index contributed by atoms with van der Waals surface area (Å²) >= 11 is 1.50. The Hall–Kier alpha value is -2.41. The van der Waals surface area contributed by atoms with Crippen molar-refractivity contribution in [1.29, 1.82) is 0 Å². The predicted molar refractivity (Wildman–Crippen MR) is 120 cm³/mol. The van der Waals surface area contributed by atoms with Gasteiger partial charge in [0.2, 0.25) is 0 Å². The van der Waals surface area contributed by atoms with Crippen LogP contribution in [0.25, 0.3) is 16.3 Å². The number of aromatic nitrogens is 1. The predicted octanol–water partition coefficient (Wildman–Crippen LogP) is 4.33. The van der Waals surface area contributed by atoms with Gasteiger partial charge in [-0.1, -0.05) is 41.7 Å². The van der Waals surface area contributed by atoms with Crippen LogP contribution < -0.4 is 9.64 Å². The molecule has 0 aliphatic rings. The number of nitrogens with zero attached hydrogens (tertiary/aromatic N) is 3. The number of hydrogen-bond donors (Lipinski definition) is 0. The molecule has 0 unspecified atom stereocenters. The Balaban J connectivity index is 0.00000280. The first-order chi connectivity index (χ1) is 13.1. The molecule has 148 valence electrons. The van der Waals surface area contributed by atoms with Crippen LogP contribution in [0.2, 0.25) is 0 Å². The molecule has 0 aliphatic heterocycles. The van der Waals surface area contributed by atoms with Gasteiger partial charge in [0.25, 0.3) is 5.91 Å². The molecule has 5 nitrogen and oxygen atoms in total. The second-order valence-corrected chi connectivity index (χ2v) is 7.38. The number of methoxy groups -OCH3 is 1. The van der Waals surface area contributed by atoms with Crippen LogP contribution in [-0.2, 0) is 4.79 Å². The minimum atomic E-state index is -0.0771. The quantitative estimate of drug-likeness (QED) is 0.536. The maximum Gasteiger partial charge on any atom is 0.252 e. The highest BCUT2D eigenvalue weighted by Gasteiger charge is 2.18. The molecule has 0 N–H and O–H groups in total. The fraction of sp³-hybridized carbons (Fsp3) is 0.238. The monoisotopic (exact) mass is 417 g/mol. The van der Waals surface area contributed by atoms with Crippen LogP contribution >= 0.6 is 23.7 Å². The molecule has 1 heterocycles. The van der Waals surface area contributed by atoms with Crippen LogP contribution in [0.3, 0.4) is 0 Å². The topological polar surface area (TPSA) is 45.7 Å². The third kappa shape index (κ3) is 5.55. The van der Waals surface area contributed by atoms with Gasteiger partial charge in [-0.05, 0) is 43.9 Å². The van der Waals surface area contributed by atoms with E-state index < -0.39 is 0 Å². The first-order valence-electron chi connectivity index (χ1n) is 8.71. The molecule has 0 saturated carbocycles. The highest BCUT2D eigenvalue weighted by Crippen LogP contribution is 2.31. The number of halogens is 1. The smallest absolute Gasteiger partial charge is 0.252 e. The van der Waals surface area contributed by atoms with Crippen molar-refractivity contribution in [2.75, 3.05) is 39.2 Å². The number of fused-ring (bicyclic) bond motifs is 1. The van der Waals surface area contributed by atoms with Gasteiger partial charge in [-0.15, -0.1) is 12.4 Å². The molecular weight excluding hydrogens is 394 g/mol. The lowest BCUT2D eigenvalue weighted by molar-refractivity contribution is -0.114. The molecule has 3 rings (SSSR count). The molecule has 7 heteroatoms. The highest BCUT2D eigenvalue weighted by molar-refractivity contribution is 7.22. The summed E-state index contributed by atoms with van der Waals surface area (Å²) < 4.78 is 6.29. The van der Waals surface area contributed by atoms with E-state index in [4.69, 9.17) is 4.74 Å². The van der Waals surface area contributed by atoms with Gasteiger partial charge in [0.15, 0.2) is 5.13 Å². The van der Waals surface area contributed by atoms with E-state index in [1.54, 1.807) is 18.1 Å². The zero-order valence-corrected chi connectivity index (χ0v) is 17.8. The van der Waals surface area contributed by atoms with Crippen molar-refractivity contribution in [3.8, 4) is 5.75 Å². The number of carbonyl (C=O) groups is 1. The number of likely N-dealkylation sites (N-methyl/N-ethyl adjacent to an activating group) is 1. The average molecular weight is 418 g/mol. The molecule has 2 aromatic carbocycles. The highest BCUT2D eigenvalue weighted by atomic mass is 35.5. The van der Waals surface area contributed by atoms with E-state index in [2.05, 4.69) is 9.88 Å². The van der Waals surface area contributed by atoms with Gasteiger partial charge in [-0.25, -0.2) is 4.98 Å². The van der Waals surface area contributed by atoms with Crippen molar-refractivity contribution in [1.82, 2.24) is 9.88 Å². The summed E-state index contributed by atoms with van der Waals surface area (Å²) in [6.07, 6.45) is 3.44. The molecule has 0 spiro atoms. The number of amides is 1. The van der Waals surface area contributed by atoms with Crippen molar-refractivity contribution < 1.29 is 9.53 Å². The van der Waals surface area contributed by atoms with Crippen molar-refractivity contribution in [2.45, 2.75) is 0 Å². The van der Waals surface area contributed by atoms with Gasteiger partial charge >= 0.3 is 0 Å². The maximum atomic E-state index is 12.9. The van der Waals surface area contributed by atoms with Crippen LogP contribution in [0.15, 0.2) is 54.6 Å². The van der Waals surface area contributed by atoms with Gasteiger partial charge in [-0.3, -0.25) is 9.69 Å². The molecule has 1 amide bonds. The van der Waals surface area contributed by atoms with Crippen LogP contribution in [0, 0.1) is 0 Å². The molecule has 0 radical (unpaired) electrons. The number of ether oxygens (including phenoxy) is 1. The Morgan fingerprint density at radius 3 is 2.57 bits per heavy atom. The summed E-state index contributed by atoms with van der Waals surface area (Å²) in [5.41, 5.74) is 1.86. The number of carbonyl (C=O) groups excluding carboxylic acids is 1. The lowest BCUT2D eigenvalue weighted by atomic mass is 10.2. The van der Waals surface area contributed by atoms with Crippen LogP contribution in [0.5, 0.6) is 5.75 Å². The summed E-state index contributed by atoms with van der Waals surface area (Å²) in [6.45, 7) is 1.33. The Kier molecular flexibility index (Phi) is 7.99. The first-order valence-corrected chi connectivity index (χ1v) is 9.52. The van der Waals surface area contributed by atoms with Crippen molar-refractivity contribution in [3.63, 3.8) is 0 Å². The van der Waals surface area contributed by atoms with Crippen molar-refractivity contribution in [3.05, 3.63) is 60.2 Å². The van der Waals surface area contributed by atoms with E-state index in [-0.39, 0.29) is 18.3 Å². The number of rotatable bonds is 7. The number of anilines is 1. The lowest BCUT2D eigenvalue weighted by Crippen LogP contribution is -2.35. The Morgan fingerprint density at radius 1 is 1.14 bits per heavy atom. The third-order valence-corrected chi connectivity index (χ3v) is 5.11. The molecule has 0 fully saturated rings. The molecule has 28 heavy (non-hydrogen) atoms. The SMILES string of the molecule is COc1ccc2nc(N(CCN(C)C)C(=O)C=Cc3ccccc3)sc2c1.Cl. The average Bonchev–Trinajstić information content (AvgIpc) is 3.09. The van der Waals surface area contributed by atoms with Crippen LogP contribution in [0.4, 0.5) is 5.13 Å². The zero-order valence-electron chi connectivity index (χ0n) is 16.2. The van der Waals surface area contributed by atoms with E-state index >= 15 is 0 Å². The molecule has 3 aromatic rings. The Bertz CT molecular complexity index is 941. The largest absolute Gasteiger partial charge is 0.497 e. The second-order valence-electron chi connectivity index (χ2n) is 6.37. The number of thiazole rings is 1. The molecule has 1 aromatic heterocycles. The standard InChI is InChI=1S/C21H23N3O2S.ClH/c1-23(2)13-14-24(20(25)12-9-16-7-5-4-6-8-16)21-22-18-11-10-17(26-3)15-19(18)27-21;/h4-12,15H,13-14H2,1-3H3;1H. The molecule has 0 atom stereocenters. The number of hydrogen-bond acceptors (Lipinski definition) is 5. The lowest BCUT2D eigenvalue weighted by Gasteiger charge is -2.20. The molecule has 0 bridgehead atoms. The molecular formula is C21H24ClN3O2S. The van der Waals surface area contributed by atoms with Crippen LogP contribution in [0.1, 0.15) is 5.56 Å². The van der Waals surface area contributed by atoms with Gasteiger partial charge in [0, 0.05) is 19.2 Å². The van der Waals surface area contributed by atoms with Gasteiger partial charge in [-0.2, -0.15) is 0 Å². The summed E-state index contributed by atoms with van der Waals surface area (Å²) in [6, 6.07) is 15.6. The normalized spacial score (nSPS) is 11.0. The van der Waals surface area contributed by atoms with Crippen LogP contribution in [-0.4, -0.2) is 50.1 Å². The summed E-state index contributed by atoms with van der Waals surface area (Å²) in [7, 11) is 5.63. The van der Waals surface area contributed by atoms with Gasteiger partial charge < -0.3 is 9.64 Å². The summed E-state index contributed by atoms with van der Waals surface area (Å²) in [5, 5.41) is 0.697. The van der Waals surface area contributed by atoms with E-state index in [9.17, 15) is 4.79 Å². The first kappa shape index (κ1) is 21.9. The molecule has 0 aliphatic carbocycles. The zero-order chi connectivity index (χ0) is 19.2. The Labute approximate surface area is 175 Å². The fourth-order valence-electron chi connectivity index (χ4n) is 2.56. The van der Waals surface area contributed by atoms with Crippen molar-refractivity contribution in [2.24, 2.45) is 0 Å². The maximum absolute atomic E-state index is 12.9.